The largest absolute Gasteiger partial charge is 0.317 e. The fraction of sp³-hybridized carbons (Fsp3) is 0.684. The fourth-order valence-corrected chi connectivity index (χ4v) is 4.87. The van der Waals surface area contributed by atoms with Crippen LogP contribution in [0.15, 0.2) is 29.2 Å². The van der Waals surface area contributed by atoms with Gasteiger partial charge in [0.05, 0.1) is 4.90 Å². The van der Waals surface area contributed by atoms with Crippen LogP contribution in [-0.2, 0) is 10.0 Å². The number of hydrogen-bond acceptors (Lipinski definition) is 3. The van der Waals surface area contributed by atoms with E-state index >= 15 is 0 Å². The zero-order chi connectivity index (χ0) is 18.3. The highest BCUT2D eigenvalue weighted by atomic mass is 35.5. The van der Waals surface area contributed by atoms with E-state index in [1.165, 1.54) is 36.4 Å². The minimum Gasteiger partial charge on any atom is -0.317 e. The molecular formula is C19H31ClN2O2S. The number of hydrogen-bond donors (Lipinski definition) is 1. The lowest BCUT2D eigenvalue weighted by Gasteiger charge is -2.29. The van der Waals surface area contributed by atoms with E-state index < -0.39 is 10.0 Å². The molecule has 0 radical (unpaired) electrons. The van der Waals surface area contributed by atoms with Crippen LogP contribution in [0.1, 0.15) is 45.4 Å². The van der Waals surface area contributed by atoms with Gasteiger partial charge in [-0.2, -0.15) is 0 Å². The highest BCUT2D eigenvalue weighted by molar-refractivity contribution is 7.89. The maximum Gasteiger partial charge on any atom is 0.242 e. The molecule has 2 rings (SSSR count). The van der Waals surface area contributed by atoms with Gasteiger partial charge in [0.1, 0.15) is 0 Å². The van der Waals surface area contributed by atoms with Crippen molar-refractivity contribution in [3.63, 3.8) is 0 Å². The first-order valence-corrected chi connectivity index (χ1v) is 11.2. The Morgan fingerprint density at radius 3 is 2.20 bits per heavy atom. The third-order valence-corrected chi connectivity index (χ3v) is 7.44. The van der Waals surface area contributed by atoms with Gasteiger partial charge in [0, 0.05) is 18.6 Å². The zero-order valence-electron chi connectivity index (χ0n) is 15.4. The summed E-state index contributed by atoms with van der Waals surface area (Å²) in [5.74, 6) is 1.49. The van der Waals surface area contributed by atoms with Gasteiger partial charge in [-0.15, -0.1) is 0 Å². The van der Waals surface area contributed by atoms with E-state index in [1.54, 1.807) is 31.3 Å². The van der Waals surface area contributed by atoms with Gasteiger partial charge in [-0.3, -0.25) is 0 Å². The molecule has 0 heterocycles. The molecule has 4 nitrogen and oxygen atoms in total. The molecule has 1 aromatic rings. The summed E-state index contributed by atoms with van der Waals surface area (Å²) in [6, 6.07) is 6.39. The number of sulfonamides is 1. The maximum atomic E-state index is 12.6. The van der Waals surface area contributed by atoms with Gasteiger partial charge in [-0.05, 0) is 62.0 Å². The van der Waals surface area contributed by atoms with E-state index in [0.717, 1.165) is 25.4 Å². The fourth-order valence-electron chi connectivity index (χ4n) is 3.56. The molecular weight excluding hydrogens is 356 g/mol. The number of halogens is 1. The Morgan fingerprint density at radius 1 is 1.08 bits per heavy atom. The number of rotatable bonds is 9. The summed E-state index contributed by atoms with van der Waals surface area (Å²) in [7, 11) is -1.74. The Hall–Kier alpha value is -0.620. The highest BCUT2D eigenvalue weighted by Crippen LogP contribution is 2.32. The summed E-state index contributed by atoms with van der Waals surface area (Å²) in [6.45, 7) is 4.89. The Kier molecular flexibility index (Phi) is 8.20. The normalized spacial score (nSPS) is 21.6. The molecule has 1 aliphatic rings. The average Bonchev–Trinajstić information content (AvgIpc) is 2.61. The predicted octanol–water partition coefficient (Wildman–Crippen LogP) is 4.16. The van der Waals surface area contributed by atoms with Gasteiger partial charge >= 0.3 is 0 Å². The van der Waals surface area contributed by atoms with E-state index in [0.29, 0.717) is 22.4 Å². The number of benzene rings is 1. The smallest absolute Gasteiger partial charge is 0.242 e. The summed E-state index contributed by atoms with van der Waals surface area (Å²) in [5.41, 5.74) is 0. The van der Waals surface area contributed by atoms with Crippen molar-refractivity contribution >= 4 is 21.6 Å². The van der Waals surface area contributed by atoms with E-state index in [1.807, 2.05) is 0 Å². The van der Waals surface area contributed by atoms with E-state index in [2.05, 4.69) is 12.2 Å². The highest BCUT2D eigenvalue weighted by Gasteiger charge is 2.24. The van der Waals surface area contributed by atoms with Crippen LogP contribution >= 0.6 is 11.6 Å². The van der Waals surface area contributed by atoms with E-state index in [9.17, 15) is 8.42 Å². The van der Waals surface area contributed by atoms with Crippen molar-refractivity contribution in [1.29, 1.82) is 0 Å². The quantitative estimate of drug-likeness (QED) is 0.648. The van der Waals surface area contributed by atoms with Crippen LogP contribution in [0.2, 0.25) is 5.02 Å². The molecule has 0 aromatic heterocycles. The van der Waals surface area contributed by atoms with Crippen LogP contribution in [0.4, 0.5) is 0 Å². The molecule has 1 aromatic carbocycles. The minimum atomic E-state index is -3.42. The average molecular weight is 387 g/mol. The predicted molar refractivity (Wildman–Crippen MR) is 104 cm³/mol. The molecule has 0 bridgehead atoms. The van der Waals surface area contributed by atoms with Gasteiger partial charge in [-0.1, -0.05) is 44.2 Å². The van der Waals surface area contributed by atoms with Crippen molar-refractivity contribution in [2.75, 3.05) is 26.7 Å². The van der Waals surface area contributed by atoms with Crippen LogP contribution < -0.4 is 5.32 Å². The van der Waals surface area contributed by atoms with Crippen molar-refractivity contribution in [2.24, 2.45) is 11.8 Å². The summed E-state index contributed by atoms with van der Waals surface area (Å²) in [6.07, 6.45) is 7.24. The molecule has 1 N–H and O–H groups in total. The lowest BCUT2D eigenvalue weighted by molar-refractivity contribution is 0.243. The van der Waals surface area contributed by atoms with Crippen molar-refractivity contribution in [3.8, 4) is 0 Å². The third kappa shape index (κ3) is 6.24. The van der Waals surface area contributed by atoms with E-state index in [4.69, 9.17) is 11.6 Å². The SMILES string of the molecule is CCNCCC1CCC(CCN(C)S(=O)(=O)c2ccc(Cl)cc2)CC1. The number of nitrogens with zero attached hydrogens (tertiary/aromatic N) is 1. The second-order valence-electron chi connectivity index (χ2n) is 7.10. The second kappa shape index (κ2) is 9.91. The monoisotopic (exact) mass is 386 g/mol. The first kappa shape index (κ1) is 20.7. The third-order valence-electron chi connectivity index (χ3n) is 5.32. The van der Waals surface area contributed by atoms with Gasteiger partial charge in [0.2, 0.25) is 10.0 Å². The van der Waals surface area contributed by atoms with Gasteiger partial charge in [0.25, 0.3) is 0 Å². The molecule has 0 aliphatic heterocycles. The minimum absolute atomic E-state index is 0.312. The van der Waals surface area contributed by atoms with Crippen LogP contribution in [0, 0.1) is 11.8 Å². The number of nitrogens with one attached hydrogen (secondary N) is 1. The molecule has 1 aliphatic carbocycles. The molecule has 142 valence electrons. The van der Waals surface area contributed by atoms with Crippen molar-refractivity contribution in [1.82, 2.24) is 9.62 Å². The van der Waals surface area contributed by atoms with Crippen LogP contribution in [0.25, 0.3) is 0 Å². The van der Waals surface area contributed by atoms with Crippen molar-refractivity contribution < 1.29 is 8.42 Å². The molecule has 0 spiro atoms. The van der Waals surface area contributed by atoms with Gasteiger partial charge in [0.15, 0.2) is 0 Å². The molecule has 0 atom stereocenters. The maximum absolute atomic E-state index is 12.6. The zero-order valence-corrected chi connectivity index (χ0v) is 17.0. The summed E-state index contributed by atoms with van der Waals surface area (Å²) >= 11 is 5.84. The summed E-state index contributed by atoms with van der Waals surface area (Å²) in [4.78, 5) is 0.312. The van der Waals surface area contributed by atoms with Gasteiger partial charge in [-0.25, -0.2) is 12.7 Å². The van der Waals surface area contributed by atoms with Crippen LogP contribution in [-0.4, -0.2) is 39.4 Å². The molecule has 0 amide bonds. The Bertz CT molecular complexity index is 611. The molecule has 6 heteroatoms. The van der Waals surface area contributed by atoms with Gasteiger partial charge < -0.3 is 5.32 Å². The molecule has 25 heavy (non-hydrogen) atoms. The Labute approximate surface area is 158 Å². The van der Waals surface area contributed by atoms with Crippen LogP contribution in [0.3, 0.4) is 0 Å². The first-order chi connectivity index (χ1) is 11.9. The molecule has 0 unspecified atom stereocenters. The first-order valence-electron chi connectivity index (χ1n) is 9.36. The lowest BCUT2D eigenvalue weighted by atomic mass is 9.79. The van der Waals surface area contributed by atoms with Crippen molar-refractivity contribution in [2.45, 2.75) is 50.3 Å². The Morgan fingerprint density at radius 2 is 1.64 bits per heavy atom. The summed E-state index contributed by atoms with van der Waals surface area (Å²) < 4.78 is 26.7. The molecule has 1 saturated carbocycles. The lowest BCUT2D eigenvalue weighted by Crippen LogP contribution is -2.30. The second-order valence-corrected chi connectivity index (χ2v) is 9.58. The standard InChI is InChI=1S/C19H31ClN2O2S/c1-3-21-14-12-16-4-6-17(7-5-16)13-15-22(2)25(23,24)19-10-8-18(20)9-11-19/h8-11,16-17,21H,3-7,12-15H2,1-2H3. The topological polar surface area (TPSA) is 49.4 Å². The van der Waals surface area contributed by atoms with Crippen LogP contribution in [0.5, 0.6) is 0 Å². The Balaban J connectivity index is 1.77. The molecule has 1 fully saturated rings. The molecule has 0 saturated heterocycles. The van der Waals surface area contributed by atoms with E-state index in [-0.39, 0.29) is 0 Å². The van der Waals surface area contributed by atoms with Crippen molar-refractivity contribution in [3.05, 3.63) is 29.3 Å². The summed E-state index contributed by atoms with van der Waals surface area (Å²) in [5, 5.41) is 3.95.